The molecular formula is C11H14N4O. The molecule has 1 saturated heterocycles. The number of nitrogens with zero attached hydrogens (tertiary/aromatic N) is 2. The molecule has 5 nitrogen and oxygen atoms in total. The Labute approximate surface area is 94.0 Å². The van der Waals surface area contributed by atoms with Gasteiger partial charge in [0.25, 0.3) is 0 Å². The molecule has 1 aliphatic rings. The zero-order chi connectivity index (χ0) is 11.4. The third-order valence-corrected chi connectivity index (χ3v) is 2.62. The topological polar surface area (TPSA) is 66.9 Å². The molecule has 2 N–H and O–H groups in total. The van der Waals surface area contributed by atoms with Crippen molar-refractivity contribution >= 4 is 5.91 Å². The van der Waals surface area contributed by atoms with Crippen molar-refractivity contribution in [3.05, 3.63) is 35.4 Å². The van der Waals surface area contributed by atoms with Gasteiger partial charge in [0.2, 0.25) is 5.91 Å². The lowest BCUT2D eigenvalue weighted by Gasteiger charge is -2.21. The number of aromatic nitrogens is 2. The van der Waals surface area contributed by atoms with E-state index < -0.39 is 0 Å². The van der Waals surface area contributed by atoms with Crippen molar-refractivity contribution in [3.8, 4) is 0 Å². The van der Waals surface area contributed by atoms with Gasteiger partial charge in [0.15, 0.2) is 0 Å². The van der Waals surface area contributed by atoms with Crippen molar-refractivity contribution in [1.82, 2.24) is 20.6 Å². The van der Waals surface area contributed by atoms with Crippen LogP contribution < -0.4 is 10.6 Å². The first-order valence-corrected chi connectivity index (χ1v) is 5.20. The van der Waals surface area contributed by atoms with Crippen LogP contribution in [0.15, 0.2) is 29.7 Å². The molecule has 0 aliphatic carbocycles. The SMILES string of the molecule is CC(C(=O)NCc1ccncn1)=C1CNC1. The van der Waals surface area contributed by atoms with Crippen LogP contribution in [0.1, 0.15) is 12.6 Å². The van der Waals surface area contributed by atoms with E-state index in [1.165, 1.54) is 11.9 Å². The quantitative estimate of drug-likeness (QED) is 0.701. The first-order chi connectivity index (χ1) is 7.77. The van der Waals surface area contributed by atoms with Gasteiger partial charge < -0.3 is 10.6 Å². The number of hydrogen-bond acceptors (Lipinski definition) is 4. The molecule has 1 aliphatic heterocycles. The average molecular weight is 218 g/mol. The maximum Gasteiger partial charge on any atom is 0.247 e. The van der Waals surface area contributed by atoms with Crippen molar-refractivity contribution < 1.29 is 4.79 Å². The van der Waals surface area contributed by atoms with E-state index >= 15 is 0 Å². The minimum absolute atomic E-state index is 0.0184. The van der Waals surface area contributed by atoms with Crippen LogP contribution >= 0.6 is 0 Å². The summed E-state index contributed by atoms with van der Waals surface area (Å²) >= 11 is 0. The molecule has 0 spiro atoms. The summed E-state index contributed by atoms with van der Waals surface area (Å²) in [5.74, 6) is -0.0184. The number of nitrogens with one attached hydrogen (secondary N) is 2. The van der Waals surface area contributed by atoms with Gasteiger partial charge in [-0.3, -0.25) is 4.79 Å². The van der Waals surface area contributed by atoms with Gasteiger partial charge in [-0.15, -0.1) is 0 Å². The van der Waals surface area contributed by atoms with Gasteiger partial charge in [-0.1, -0.05) is 0 Å². The van der Waals surface area contributed by atoms with Crippen LogP contribution in [0.5, 0.6) is 0 Å². The Bertz CT molecular complexity index is 407. The third kappa shape index (κ3) is 2.43. The molecule has 84 valence electrons. The summed E-state index contributed by atoms with van der Waals surface area (Å²) in [7, 11) is 0. The van der Waals surface area contributed by atoms with E-state index in [-0.39, 0.29) is 5.91 Å². The minimum atomic E-state index is -0.0184. The normalized spacial score (nSPS) is 14.2. The lowest BCUT2D eigenvalue weighted by molar-refractivity contribution is -0.117. The molecule has 0 atom stereocenters. The largest absolute Gasteiger partial charge is 0.347 e. The molecule has 0 radical (unpaired) electrons. The highest BCUT2D eigenvalue weighted by Gasteiger charge is 2.15. The van der Waals surface area contributed by atoms with Crippen LogP contribution in [0.25, 0.3) is 0 Å². The number of rotatable bonds is 3. The lowest BCUT2D eigenvalue weighted by atomic mass is 10.0. The van der Waals surface area contributed by atoms with Crippen molar-refractivity contribution in [3.63, 3.8) is 0 Å². The molecular weight excluding hydrogens is 204 g/mol. The Morgan fingerprint density at radius 3 is 2.94 bits per heavy atom. The molecule has 1 aromatic rings. The van der Waals surface area contributed by atoms with Gasteiger partial charge >= 0.3 is 0 Å². The van der Waals surface area contributed by atoms with Crippen LogP contribution in [0.4, 0.5) is 0 Å². The van der Waals surface area contributed by atoms with E-state index in [0.717, 1.165) is 24.4 Å². The van der Waals surface area contributed by atoms with E-state index in [4.69, 9.17) is 0 Å². The van der Waals surface area contributed by atoms with Gasteiger partial charge in [-0.2, -0.15) is 0 Å². The Hall–Kier alpha value is -1.75. The summed E-state index contributed by atoms with van der Waals surface area (Å²) in [4.78, 5) is 19.6. The first kappa shape index (κ1) is 10.8. The predicted octanol–water partition coefficient (Wildman–Crippen LogP) is 0.0125. The second-order valence-electron chi connectivity index (χ2n) is 3.72. The highest BCUT2D eigenvalue weighted by atomic mass is 16.1. The molecule has 0 unspecified atom stereocenters. The molecule has 5 heteroatoms. The van der Waals surface area contributed by atoms with E-state index in [2.05, 4.69) is 20.6 Å². The molecule has 2 heterocycles. The zero-order valence-corrected chi connectivity index (χ0v) is 9.16. The molecule has 2 rings (SSSR count). The smallest absolute Gasteiger partial charge is 0.247 e. The molecule has 1 aromatic heterocycles. The summed E-state index contributed by atoms with van der Waals surface area (Å²) in [6.07, 6.45) is 3.14. The molecule has 0 aromatic carbocycles. The number of carbonyl (C=O) groups excluding carboxylic acids is 1. The maximum absolute atomic E-state index is 11.7. The third-order valence-electron chi connectivity index (χ3n) is 2.62. The van der Waals surface area contributed by atoms with Crippen molar-refractivity contribution in [2.24, 2.45) is 0 Å². The van der Waals surface area contributed by atoms with Crippen molar-refractivity contribution in [2.45, 2.75) is 13.5 Å². The zero-order valence-electron chi connectivity index (χ0n) is 9.16. The summed E-state index contributed by atoms with van der Waals surface area (Å²) in [6, 6.07) is 1.79. The summed E-state index contributed by atoms with van der Waals surface area (Å²) in [5, 5.41) is 5.95. The molecule has 1 fully saturated rings. The van der Waals surface area contributed by atoms with Crippen LogP contribution in [-0.2, 0) is 11.3 Å². The Kier molecular flexibility index (Phi) is 3.26. The van der Waals surface area contributed by atoms with Crippen molar-refractivity contribution in [2.75, 3.05) is 13.1 Å². The summed E-state index contributed by atoms with van der Waals surface area (Å²) in [5.41, 5.74) is 2.81. The Balaban J connectivity index is 1.89. The number of hydrogen-bond donors (Lipinski definition) is 2. The molecule has 16 heavy (non-hydrogen) atoms. The van der Waals surface area contributed by atoms with Gasteiger partial charge in [0.1, 0.15) is 6.33 Å². The number of carbonyl (C=O) groups is 1. The van der Waals surface area contributed by atoms with Crippen molar-refractivity contribution in [1.29, 1.82) is 0 Å². The molecule has 0 saturated carbocycles. The van der Waals surface area contributed by atoms with Crippen LogP contribution in [-0.4, -0.2) is 29.0 Å². The highest BCUT2D eigenvalue weighted by Crippen LogP contribution is 2.08. The average Bonchev–Trinajstić information content (AvgIpc) is 2.25. The van der Waals surface area contributed by atoms with Crippen LogP contribution in [0.2, 0.25) is 0 Å². The minimum Gasteiger partial charge on any atom is -0.347 e. The molecule has 0 bridgehead atoms. The monoisotopic (exact) mass is 218 g/mol. The van der Waals surface area contributed by atoms with Crippen LogP contribution in [0.3, 0.4) is 0 Å². The Morgan fingerprint density at radius 2 is 2.38 bits per heavy atom. The van der Waals surface area contributed by atoms with Gasteiger partial charge in [0, 0.05) is 24.9 Å². The van der Waals surface area contributed by atoms with E-state index in [1.807, 2.05) is 6.92 Å². The molecule has 1 amide bonds. The second-order valence-corrected chi connectivity index (χ2v) is 3.72. The fraction of sp³-hybridized carbons (Fsp3) is 0.364. The fourth-order valence-corrected chi connectivity index (χ4v) is 1.40. The predicted molar refractivity (Wildman–Crippen MR) is 59.4 cm³/mol. The summed E-state index contributed by atoms with van der Waals surface area (Å²) in [6.45, 7) is 3.95. The lowest BCUT2D eigenvalue weighted by Crippen LogP contribution is -2.37. The van der Waals surface area contributed by atoms with Gasteiger partial charge in [0.05, 0.1) is 12.2 Å². The van der Waals surface area contributed by atoms with E-state index in [0.29, 0.717) is 6.54 Å². The van der Waals surface area contributed by atoms with Gasteiger partial charge in [-0.05, 0) is 18.6 Å². The Morgan fingerprint density at radius 1 is 1.56 bits per heavy atom. The van der Waals surface area contributed by atoms with E-state index in [1.54, 1.807) is 12.3 Å². The first-order valence-electron chi connectivity index (χ1n) is 5.20. The second kappa shape index (κ2) is 4.85. The number of amides is 1. The van der Waals surface area contributed by atoms with E-state index in [9.17, 15) is 4.79 Å². The van der Waals surface area contributed by atoms with Gasteiger partial charge in [-0.25, -0.2) is 9.97 Å². The fourth-order valence-electron chi connectivity index (χ4n) is 1.40. The standard InChI is InChI=1S/C11H14N4O/c1-8(9-4-13-5-9)11(16)14-6-10-2-3-12-7-15-10/h2-3,7,13H,4-6H2,1H3,(H,14,16). The summed E-state index contributed by atoms with van der Waals surface area (Å²) < 4.78 is 0. The van der Waals surface area contributed by atoms with Crippen LogP contribution in [0, 0.1) is 0 Å². The highest BCUT2D eigenvalue weighted by molar-refractivity contribution is 5.93. The maximum atomic E-state index is 11.7.